The van der Waals surface area contributed by atoms with E-state index in [9.17, 15) is 0 Å². The van der Waals surface area contributed by atoms with Gasteiger partial charge in [0.05, 0.1) is 11.1 Å². The minimum absolute atomic E-state index is 0.398. The fraction of sp³-hybridized carbons (Fsp3) is 0.647. The molecular weight excluding hydrogens is 330 g/mol. The first-order valence-corrected chi connectivity index (χ1v) is 8.61. The molecule has 21 heavy (non-hydrogen) atoms. The molecule has 0 saturated carbocycles. The Kier molecular flexibility index (Phi) is 8.97. The van der Waals surface area contributed by atoms with Crippen LogP contribution in [-0.4, -0.2) is 26.9 Å². The number of hydrogen-bond acceptors (Lipinski definition) is 3. The highest BCUT2D eigenvalue weighted by Gasteiger charge is 2.20. The Morgan fingerprint density at radius 3 is 2.38 bits per heavy atom. The Hall–Kier alpha value is -0.580. The zero-order valence-electron chi connectivity index (χ0n) is 13.6. The first-order valence-electron chi connectivity index (χ1n) is 7.82. The fourth-order valence-corrected chi connectivity index (χ4v) is 3.11. The van der Waals surface area contributed by atoms with Crippen LogP contribution in [0, 0.1) is 5.92 Å². The molecule has 0 heterocycles. The van der Waals surface area contributed by atoms with Crippen molar-refractivity contribution in [3.63, 3.8) is 0 Å². The van der Waals surface area contributed by atoms with Gasteiger partial charge in [-0.2, -0.15) is 0 Å². The van der Waals surface area contributed by atoms with Crippen LogP contribution in [0.5, 0.6) is 5.75 Å². The second-order valence-electron chi connectivity index (χ2n) is 5.14. The Morgan fingerprint density at radius 1 is 1.14 bits per heavy atom. The van der Waals surface area contributed by atoms with Gasteiger partial charge in [0.1, 0.15) is 12.4 Å². The van der Waals surface area contributed by atoms with Gasteiger partial charge < -0.3 is 14.8 Å². The molecule has 0 aliphatic carbocycles. The van der Waals surface area contributed by atoms with Crippen LogP contribution in [0.4, 0.5) is 0 Å². The van der Waals surface area contributed by atoms with Gasteiger partial charge in [-0.1, -0.05) is 39.7 Å². The van der Waals surface area contributed by atoms with Gasteiger partial charge in [0.15, 0.2) is 0 Å². The lowest BCUT2D eigenvalue weighted by atomic mass is 9.89. The van der Waals surface area contributed by atoms with Crippen molar-refractivity contribution in [3.8, 4) is 5.75 Å². The summed E-state index contributed by atoms with van der Waals surface area (Å²) >= 11 is 3.62. The van der Waals surface area contributed by atoms with Crippen LogP contribution >= 0.6 is 15.9 Å². The second kappa shape index (κ2) is 10.2. The SMILES string of the molecule is CCNC(c1ccc(OCCOC)c(Br)c1)C(CC)CC. The summed E-state index contributed by atoms with van der Waals surface area (Å²) in [4.78, 5) is 0. The number of rotatable bonds is 10. The summed E-state index contributed by atoms with van der Waals surface area (Å²) in [6.45, 7) is 8.82. The van der Waals surface area contributed by atoms with Gasteiger partial charge in [-0.25, -0.2) is 0 Å². The molecule has 0 aliphatic rings. The Balaban J connectivity index is 2.87. The minimum atomic E-state index is 0.398. The Labute approximate surface area is 137 Å². The maximum atomic E-state index is 5.69. The van der Waals surface area contributed by atoms with Crippen molar-refractivity contribution in [2.24, 2.45) is 5.92 Å². The van der Waals surface area contributed by atoms with Crippen molar-refractivity contribution in [1.82, 2.24) is 5.32 Å². The van der Waals surface area contributed by atoms with E-state index in [-0.39, 0.29) is 0 Å². The molecule has 0 bridgehead atoms. The van der Waals surface area contributed by atoms with Crippen molar-refractivity contribution in [3.05, 3.63) is 28.2 Å². The third-order valence-electron chi connectivity index (χ3n) is 3.80. The van der Waals surface area contributed by atoms with Gasteiger partial charge in [-0.05, 0) is 46.1 Å². The molecule has 0 fully saturated rings. The number of ether oxygens (including phenoxy) is 2. The topological polar surface area (TPSA) is 30.5 Å². The third kappa shape index (κ3) is 5.61. The quantitative estimate of drug-likeness (QED) is 0.622. The standard InChI is InChI=1S/C17H28BrNO2/c1-5-13(6-2)17(19-7-3)14-8-9-16(15(18)12-14)21-11-10-20-4/h8-9,12-13,17,19H,5-7,10-11H2,1-4H3. The fourth-order valence-electron chi connectivity index (χ4n) is 2.60. The van der Waals surface area contributed by atoms with E-state index < -0.39 is 0 Å². The maximum Gasteiger partial charge on any atom is 0.133 e. The normalized spacial score (nSPS) is 12.7. The zero-order chi connectivity index (χ0) is 15.7. The Morgan fingerprint density at radius 2 is 1.86 bits per heavy atom. The minimum Gasteiger partial charge on any atom is -0.490 e. The lowest BCUT2D eigenvalue weighted by Crippen LogP contribution is -2.27. The van der Waals surface area contributed by atoms with Crippen LogP contribution in [0.1, 0.15) is 45.2 Å². The first kappa shape index (κ1) is 18.5. The number of halogens is 1. The molecule has 0 aliphatic heterocycles. The van der Waals surface area contributed by atoms with E-state index in [0.29, 0.717) is 25.2 Å². The van der Waals surface area contributed by atoms with Crippen molar-refractivity contribution in [2.45, 2.75) is 39.7 Å². The molecule has 0 saturated heterocycles. The molecule has 0 spiro atoms. The summed E-state index contributed by atoms with van der Waals surface area (Å²) < 4.78 is 11.7. The van der Waals surface area contributed by atoms with Crippen LogP contribution < -0.4 is 10.1 Å². The summed E-state index contributed by atoms with van der Waals surface area (Å²) in [5, 5.41) is 3.62. The number of hydrogen-bond donors (Lipinski definition) is 1. The number of benzene rings is 1. The average Bonchev–Trinajstić information content (AvgIpc) is 2.49. The summed E-state index contributed by atoms with van der Waals surface area (Å²) in [5.41, 5.74) is 1.32. The van der Waals surface area contributed by atoms with E-state index in [4.69, 9.17) is 9.47 Å². The van der Waals surface area contributed by atoms with E-state index in [1.165, 1.54) is 18.4 Å². The van der Waals surface area contributed by atoms with E-state index in [1.807, 2.05) is 6.07 Å². The second-order valence-corrected chi connectivity index (χ2v) is 6.00. The molecule has 1 rings (SSSR count). The van der Waals surface area contributed by atoms with E-state index >= 15 is 0 Å². The van der Waals surface area contributed by atoms with E-state index in [2.05, 4.69) is 54.2 Å². The predicted octanol–water partition coefficient (Wildman–Crippen LogP) is 4.56. The lowest BCUT2D eigenvalue weighted by molar-refractivity contribution is 0.146. The van der Waals surface area contributed by atoms with Crippen LogP contribution in [-0.2, 0) is 4.74 Å². The molecular formula is C17H28BrNO2. The summed E-state index contributed by atoms with van der Waals surface area (Å²) in [6.07, 6.45) is 2.36. The van der Waals surface area contributed by atoms with E-state index in [0.717, 1.165) is 16.8 Å². The van der Waals surface area contributed by atoms with Gasteiger partial charge in [0, 0.05) is 13.2 Å². The van der Waals surface area contributed by atoms with Crippen LogP contribution in [0.25, 0.3) is 0 Å². The summed E-state index contributed by atoms with van der Waals surface area (Å²) in [5.74, 6) is 1.52. The molecule has 1 atom stereocenters. The summed E-state index contributed by atoms with van der Waals surface area (Å²) in [7, 11) is 1.68. The summed E-state index contributed by atoms with van der Waals surface area (Å²) in [6, 6.07) is 6.78. The van der Waals surface area contributed by atoms with Gasteiger partial charge in [0.2, 0.25) is 0 Å². The van der Waals surface area contributed by atoms with Crippen molar-refractivity contribution >= 4 is 15.9 Å². The van der Waals surface area contributed by atoms with Crippen molar-refractivity contribution < 1.29 is 9.47 Å². The highest BCUT2D eigenvalue weighted by molar-refractivity contribution is 9.10. The highest BCUT2D eigenvalue weighted by Crippen LogP contribution is 2.33. The predicted molar refractivity (Wildman–Crippen MR) is 92.0 cm³/mol. The average molecular weight is 358 g/mol. The lowest BCUT2D eigenvalue weighted by Gasteiger charge is -2.27. The third-order valence-corrected chi connectivity index (χ3v) is 4.42. The molecule has 1 N–H and O–H groups in total. The van der Waals surface area contributed by atoms with Gasteiger partial charge in [0.25, 0.3) is 0 Å². The van der Waals surface area contributed by atoms with Crippen molar-refractivity contribution in [1.29, 1.82) is 0 Å². The molecule has 0 aromatic heterocycles. The number of nitrogens with one attached hydrogen (secondary N) is 1. The maximum absolute atomic E-state index is 5.69. The zero-order valence-corrected chi connectivity index (χ0v) is 15.2. The highest BCUT2D eigenvalue weighted by atomic mass is 79.9. The molecule has 3 nitrogen and oxygen atoms in total. The molecule has 1 unspecified atom stereocenters. The van der Waals surface area contributed by atoms with Gasteiger partial charge in [-0.15, -0.1) is 0 Å². The first-order chi connectivity index (χ1) is 10.2. The van der Waals surface area contributed by atoms with E-state index in [1.54, 1.807) is 7.11 Å². The monoisotopic (exact) mass is 357 g/mol. The van der Waals surface area contributed by atoms with Crippen molar-refractivity contribution in [2.75, 3.05) is 26.9 Å². The largest absolute Gasteiger partial charge is 0.490 e. The molecule has 1 aromatic rings. The van der Waals surface area contributed by atoms with Crippen LogP contribution in [0.3, 0.4) is 0 Å². The van der Waals surface area contributed by atoms with Crippen LogP contribution in [0.2, 0.25) is 0 Å². The molecule has 120 valence electrons. The smallest absolute Gasteiger partial charge is 0.133 e. The molecule has 4 heteroatoms. The van der Waals surface area contributed by atoms with Gasteiger partial charge >= 0.3 is 0 Å². The number of methoxy groups -OCH3 is 1. The molecule has 0 amide bonds. The molecule has 0 radical (unpaired) electrons. The molecule has 1 aromatic carbocycles. The van der Waals surface area contributed by atoms with Crippen LogP contribution in [0.15, 0.2) is 22.7 Å². The van der Waals surface area contributed by atoms with Gasteiger partial charge in [-0.3, -0.25) is 0 Å². The Bertz CT molecular complexity index is 408.